The van der Waals surface area contributed by atoms with E-state index in [1.807, 2.05) is 0 Å². The lowest BCUT2D eigenvalue weighted by molar-refractivity contribution is -0.121. The summed E-state index contributed by atoms with van der Waals surface area (Å²) in [6.45, 7) is 0.869. The Morgan fingerprint density at radius 1 is 1.47 bits per heavy atom. The smallest absolute Gasteiger partial charge is 0.250 e. The van der Waals surface area contributed by atoms with Crippen LogP contribution in [-0.2, 0) is 19.6 Å². The molecule has 0 unspecified atom stereocenters. The normalized spacial score (nSPS) is 11.4. The number of carbonyl (C=O) groups is 1. The fourth-order valence-corrected chi connectivity index (χ4v) is 3.38. The van der Waals surface area contributed by atoms with Crippen LogP contribution in [0, 0.1) is 0 Å². The summed E-state index contributed by atoms with van der Waals surface area (Å²) in [4.78, 5) is 11.3. The van der Waals surface area contributed by atoms with Gasteiger partial charge in [-0.2, -0.15) is 0 Å². The molecule has 0 radical (unpaired) electrons. The van der Waals surface area contributed by atoms with Crippen LogP contribution < -0.4 is 15.8 Å². The van der Waals surface area contributed by atoms with Crippen LogP contribution in [-0.4, -0.2) is 41.1 Å². The van der Waals surface area contributed by atoms with Crippen LogP contribution >= 0.6 is 11.3 Å². The third-order valence-electron chi connectivity index (χ3n) is 2.13. The van der Waals surface area contributed by atoms with Crippen molar-refractivity contribution in [1.29, 1.82) is 0 Å². The molecule has 0 atom stereocenters. The summed E-state index contributed by atoms with van der Waals surface area (Å²) >= 11 is 1.04. The van der Waals surface area contributed by atoms with Crippen molar-refractivity contribution in [1.82, 2.24) is 10.0 Å². The highest BCUT2D eigenvalue weighted by Gasteiger charge is 2.16. The third-order valence-corrected chi connectivity index (χ3v) is 5.05. The van der Waals surface area contributed by atoms with Gasteiger partial charge in [0.2, 0.25) is 15.9 Å². The standard InChI is InChI=1S/C10H17N3O4S2/c1-17-5-4-12-9(14)2-3-13-19(15,16)10-6-8(11)7-18-10/h6-7,13H,2-5,11H2,1H3,(H,12,14). The molecule has 0 aliphatic carbocycles. The van der Waals surface area contributed by atoms with Gasteiger partial charge in [0, 0.05) is 37.7 Å². The van der Waals surface area contributed by atoms with E-state index in [1.165, 1.54) is 13.2 Å². The first-order valence-corrected chi connectivity index (χ1v) is 7.91. The van der Waals surface area contributed by atoms with Crippen LogP contribution in [0.5, 0.6) is 0 Å². The van der Waals surface area contributed by atoms with E-state index in [0.29, 0.717) is 18.8 Å². The molecule has 0 bridgehead atoms. The zero-order chi connectivity index (χ0) is 14.3. The Balaban J connectivity index is 2.34. The number of methoxy groups -OCH3 is 1. The molecule has 0 aliphatic rings. The van der Waals surface area contributed by atoms with Crippen LogP contribution in [0.4, 0.5) is 5.69 Å². The lowest BCUT2D eigenvalue weighted by atomic mass is 10.4. The number of anilines is 1. The number of sulfonamides is 1. The lowest BCUT2D eigenvalue weighted by Gasteiger charge is -2.06. The Bertz CT molecular complexity index is 513. The SMILES string of the molecule is COCCNC(=O)CCNS(=O)(=O)c1cc(N)cs1. The zero-order valence-corrected chi connectivity index (χ0v) is 12.1. The molecular formula is C10H17N3O4S2. The summed E-state index contributed by atoms with van der Waals surface area (Å²) < 4.78 is 30.8. The second kappa shape index (κ2) is 7.43. The number of rotatable bonds is 8. The molecule has 0 saturated carbocycles. The molecule has 0 fully saturated rings. The van der Waals surface area contributed by atoms with Crippen LogP contribution in [0.2, 0.25) is 0 Å². The molecule has 19 heavy (non-hydrogen) atoms. The monoisotopic (exact) mass is 307 g/mol. The number of carbonyl (C=O) groups excluding carboxylic acids is 1. The predicted octanol–water partition coefficient (Wildman–Crippen LogP) is -0.239. The number of hydrogen-bond acceptors (Lipinski definition) is 6. The summed E-state index contributed by atoms with van der Waals surface area (Å²) in [6, 6.07) is 1.38. The Hall–Kier alpha value is -1.16. The van der Waals surface area contributed by atoms with E-state index in [1.54, 1.807) is 5.38 Å². The molecule has 0 spiro atoms. The molecule has 1 rings (SSSR count). The van der Waals surface area contributed by atoms with Crippen molar-refractivity contribution in [3.8, 4) is 0 Å². The Kier molecular flexibility index (Phi) is 6.22. The number of nitrogens with two attached hydrogens (primary N) is 1. The van der Waals surface area contributed by atoms with E-state index in [-0.39, 0.29) is 23.1 Å². The fourth-order valence-electron chi connectivity index (χ4n) is 1.22. The van der Waals surface area contributed by atoms with E-state index >= 15 is 0 Å². The minimum absolute atomic E-state index is 0.0406. The first-order valence-electron chi connectivity index (χ1n) is 5.55. The van der Waals surface area contributed by atoms with Gasteiger partial charge in [-0.15, -0.1) is 11.3 Å². The zero-order valence-electron chi connectivity index (χ0n) is 10.5. The van der Waals surface area contributed by atoms with E-state index in [0.717, 1.165) is 11.3 Å². The maximum Gasteiger partial charge on any atom is 0.250 e. The molecule has 1 amide bonds. The summed E-state index contributed by atoms with van der Waals surface area (Å²) in [5.74, 6) is -0.231. The Morgan fingerprint density at radius 3 is 2.79 bits per heavy atom. The summed E-state index contributed by atoms with van der Waals surface area (Å²) in [5.41, 5.74) is 5.87. The van der Waals surface area contributed by atoms with Crippen molar-refractivity contribution in [2.24, 2.45) is 0 Å². The molecule has 1 heterocycles. The van der Waals surface area contributed by atoms with Crippen molar-refractivity contribution < 1.29 is 17.9 Å². The van der Waals surface area contributed by atoms with Gasteiger partial charge in [0.25, 0.3) is 0 Å². The number of thiophene rings is 1. The number of nitrogens with one attached hydrogen (secondary N) is 2. The second-order valence-electron chi connectivity index (χ2n) is 3.69. The van der Waals surface area contributed by atoms with Gasteiger partial charge in [0.05, 0.1) is 6.61 Å². The van der Waals surface area contributed by atoms with Gasteiger partial charge >= 0.3 is 0 Å². The summed E-state index contributed by atoms with van der Waals surface area (Å²) in [5, 5.41) is 4.15. The van der Waals surface area contributed by atoms with Gasteiger partial charge in [-0.25, -0.2) is 13.1 Å². The third kappa shape index (κ3) is 5.55. The van der Waals surface area contributed by atoms with Crippen molar-refractivity contribution >= 4 is 33.0 Å². The number of nitrogen functional groups attached to an aromatic ring is 1. The Labute approximate surface area is 116 Å². The van der Waals surface area contributed by atoms with Crippen molar-refractivity contribution in [3.05, 3.63) is 11.4 Å². The van der Waals surface area contributed by atoms with E-state index in [4.69, 9.17) is 10.5 Å². The highest BCUT2D eigenvalue weighted by atomic mass is 32.2. The lowest BCUT2D eigenvalue weighted by Crippen LogP contribution is -2.32. The van der Waals surface area contributed by atoms with Crippen LogP contribution in [0.3, 0.4) is 0 Å². The van der Waals surface area contributed by atoms with Gasteiger partial charge in [0.1, 0.15) is 4.21 Å². The first kappa shape index (κ1) is 15.9. The first-order chi connectivity index (χ1) is 8.95. The number of amides is 1. The molecule has 9 heteroatoms. The summed E-state index contributed by atoms with van der Waals surface area (Å²) in [7, 11) is -2.04. The fraction of sp³-hybridized carbons (Fsp3) is 0.500. The molecule has 7 nitrogen and oxygen atoms in total. The predicted molar refractivity (Wildman–Crippen MR) is 73.4 cm³/mol. The highest BCUT2D eigenvalue weighted by Crippen LogP contribution is 2.21. The topological polar surface area (TPSA) is 111 Å². The molecule has 108 valence electrons. The maximum absolute atomic E-state index is 11.8. The molecule has 4 N–H and O–H groups in total. The van der Waals surface area contributed by atoms with Gasteiger partial charge in [-0.1, -0.05) is 0 Å². The van der Waals surface area contributed by atoms with E-state index < -0.39 is 10.0 Å². The largest absolute Gasteiger partial charge is 0.398 e. The molecule has 1 aromatic rings. The Morgan fingerprint density at radius 2 is 2.21 bits per heavy atom. The second-order valence-corrected chi connectivity index (χ2v) is 6.59. The quantitative estimate of drug-likeness (QED) is 0.574. The molecule has 0 aliphatic heterocycles. The summed E-state index contributed by atoms with van der Waals surface area (Å²) in [6.07, 6.45) is 0.0732. The van der Waals surface area contributed by atoms with Crippen LogP contribution in [0.1, 0.15) is 6.42 Å². The van der Waals surface area contributed by atoms with Gasteiger partial charge < -0.3 is 15.8 Å². The van der Waals surface area contributed by atoms with Gasteiger partial charge in [0.15, 0.2) is 0 Å². The molecule has 0 aromatic carbocycles. The van der Waals surface area contributed by atoms with Crippen molar-refractivity contribution in [3.63, 3.8) is 0 Å². The number of hydrogen-bond donors (Lipinski definition) is 3. The molecular weight excluding hydrogens is 290 g/mol. The molecule has 0 saturated heterocycles. The van der Waals surface area contributed by atoms with E-state index in [9.17, 15) is 13.2 Å². The van der Waals surface area contributed by atoms with Crippen LogP contribution in [0.25, 0.3) is 0 Å². The maximum atomic E-state index is 11.8. The van der Waals surface area contributed by atoms with Gasteiger partial charge in [-0.3, -0.25) is 4.79 Å². The van der Waals surface area contributed by atoms with Crippen LogP contribution in [0.15, 0.2) is 15.7 Å². The average molecular weight is 307 g/mol. The van der Waals surface area contributed by atoms with E-state index in [2.05, 4.69) is 10.0 Å². The minimum Gasteiger partial charge on any atom is -0.398 e. The van der Waals surface area contributed by atoms with Crippen molar-refractivity contribution in [2.75, 3.05) is 32.5 Å². The number of ether oxygens (including phenoxy) is 1. The highest BCUT2D eigenvalue weighted by molar-refractivity contribution is 7.91. The molecule has 1 aromatic heterocycles. The van der Waals surface area contributed by atoms with Crippen molar-refractivity contribution in [2.45, 2.75) is 10.6 Å². The minimum atomic E-state index is -3.58. The van der Waals surface area contributed by atoms with Gasteiger partial charge in [-0.05, 0) is 6.07 Å². The average Bonchev–Trinajstić information content (AvgIpc) is 2.77.